The summed E-state index contributed by atoms with van der Waals surface area (Å²) >= 11 is 7.76. The van der Waals surface area contributed by atoms with Crippen molar-refractivity contribution in [2.75, 3.05) is 18.0 Å². The number of fused-ring (bicyclic) bond motifs is 1. The highest BCUT2D eigenvalue weighted by molar-refractivity contribution is 7.17. The molecule has 25 heavy (non-hydrogen) atoms. The summed E-state index contributed by atoms with van der Waals surface area (Å²) in [5.41, 5.74) is 3.61. The minimum atomic E-state index is 0.260. The maximum absolute atomic E-state index is 6.17. The summed E-state index contributed by atoms with van der Waals surface area (Å²) in [5.74, 6) is 0.825. The molecule has 1 aromatic carbocycles. The van der Waals surface area contributed by atoms with Crippen molar-refractivity contribution in [2.24, 2.45) is 0 Å². The molecule has 5 heteroatoms. The molecule has 0 saturated carbocycles. The highest BCUT2D eigenvalue weighted by Gasteiger charge is 2.18. The number of hydrogen-bond donors (Lipinski definition) is 0. The predicted molar refractivity (Wildman–Crippen MR) is 110 cm³/mol. The zero-order valence-corrected chi connectivity index (χ0v) is 15.8. The van der Waals surface area contributed by atoms with Gasteiger partial charge in [-0.15, -0.1) is 24.5 Å². The zero-order valence-electron chi connectivity index (χ0n) is 14.2. The van der Waals surface area contributed by atoms with Gasteiger partial charge in [-0.2, -0.15) is 4.98 Å². The van der Waals surface area contributed by atoms with E-state index in [4.69, 9.17) is 11.6 Å². The topological polar surface area (TPSA) is 29.0 Å². The third-order valence-corrected chi connectivity index (χ3v) is 5.10. The van der Waals surface area contributed by atoms with Gasteiger partial charge < -0.3 is 4.90 Å². The predicted octanol–water partition coefficient (Wildman–Crippen LogP) is 5.75. The van der Waals surface area contributed by atoms with Crippen LogP contribution < -0.4 is 4.90 Å². The fourth-order valence-electron chi connectivity index (χ4n) is 2.82. The summed E-state index contributed by atoms with van der Waals surface area (Å²) in [6.45, 7) is 11.2. The lowest BCUT2D eigenvalue weighted by molar-refractivity contribution is 0.929. The molecule has 0 aliphatic rings. The van der Waals surface area contributed by atoms with Crippen LogP contribution >= 0.6 is 22.9 Å². The second-order valence-corrected chi connectivity index (χ2v) is 6.87. The van der Waals surface area contributed by atoms with Crippen LogP contribution in [0.15, 0.2) is 55.0 Å². The van der Waals surface area contributed by atoms with Gasteiger partial charge in [-0.3, -0.25) is 0 Å². The first-order chi connectivity index (χ1) is 12.2. The summed E-state index contributed by atoms with van der Waals surface area (Å²) in [6.07, 6.45) is 4.74. The van der Waals surface area contributed by atoms with Crippen molar-refractivity contribution in [2.45, 2.75) is 13.3 Å². The van der Waals surface area contributed by atoms with E-state index in [0.717, 1.165) is 33.6 Å². The molecule has 0 N–H and O–H groups in total. The van der Waals surface area contributed by atoms with E-state index in [0.29, 0.717) is 13.1 Å². The van der Waals surface area contributed by atoms with Crippen molar-refractivity contribution in [3.8, 4) is 11.1 Å². The molecule has 3 nitrogen and oxygen atoms in total. The van der Waals surface area contributed by atoms with Gasteiger partial charge in [0.15, 0.2) is 0 Å². The van der Waals surface area contributed by atoms with Gasteiger partial charge in [0.05, 0.1) is 5.39 Å². The van der Waals surface area contributed by atoms with Crippen LogP contribution in [0.5, 0.6) is 0 Å². The molecule has 0 aliphatic heterocycles. The smallest absolute Gasteiger partial charge is 0.225 e. The number of rotatable bonds is 7. The van der Waals surface area contributed by atoms with E-state index in [1.807, 2.05) is 12.2 Å². The van der Waals surface area contributed by atoms with Gasteiger partial charge in [-0.1, -0.05) is 43.3 Å². The maximum Gasteiger partial charge on any atom is 0.225 e. The number of anilines is 1. The molecule has 0 atom stereocenters. The molecule has 3 aromatic rings. The van der Waals surface area contributed by atoms with Crippen LogP contribution in [0.2, 0.25) is 5.28 Å². The number of aromatic nitrogens is 2. The maximum atomic E-state index is 6.17. The summed E-state index contributed by atoms with van der Waals surface area (Å²) < 4.78 is 0. The van der Waals surface area contributed by atoms with Gasteiger partial charge in [0.2, 0.25) is 5.28 Å². The van der Waals surface area contributed by atoms with E-state index in [9.17, 15) is 0 Å². The third kappa shape index (κ3) is 3.60. The second-order valence-electron chi connectivity index (χ2n) is 5.68. The molecule has 0 amide bonds. The van der Waals surface area contributed by atoms with Crippen LogP contribution in [0, 0.1) is 0 Å². The molecular formula is C20H20ClN3S. The van der Waals surface area contributed by atoms with Gasteiger partial charge in [0.25, 0.3) is 0 Å². The molecule has 2 aromatic heterocycles. The molecule has 3 rings (SSSR count). The monoisotopic (exact) mass is 369 g/mol. The largest absolute Gasteiger partial charge is 0.348 e. The fourth-order valence-corrected chi connectivity index (χ4v) is 3.97. The molecule has 0 aliphatic carbocycles. The average molecular weight is 370 g/mol. The molecule has 0 radical (unpaired) electrons. The Hall–Kier alpha value is -2.17. The Balaban J connectivity index is 2.20. The number of hydrogen-bond acceptors (Lipinski definition) is 4. The number of thiophene rings is 1. The molecule has 0 spiro atoms. The zero-order chi connectivity index (χ0) is 17.8. The van der Waals surface area contributed by atoms with Crippen molar-refractivity contribution in [3.63, 3.8) is 0 Å². The van der Waals surface area contributed by atoms with Gasteiger partial charge >= 0.3 is 0 Å². The fraction of sp³-hybridized carbons (Fsp3) is 0.200. The minimum absolute atomic E-state index is 0.260. The van der Waals surface area contributed by atoms with E-state index in [-0.39, 0.29) is 5.28 Å². The third-order valence-electron chi connectivity index (χ3n) is 4.06. The molecule has 2 heterocycles. The van der Waals surface area contributed by atoms with E-state index in [2.05, 4.69) is 64.6 Å². The second kappa shape index (κ2) is 7.81. The Kier molecular flexibility index (Phi) is 5.51. The van der Waals surface area contributed by atoms with Gasteiger partial charge in [-0.05, 0) is 29.1 Å². The average Bonchev–Trinajstić information content (AvgIpc) is 3.04. The molecule has 128 valence electrons. The molecule has 0 fully saturated rings. The molecular weight excluding hydrogens is 350 g/mol. The SMILES string of the molecule is C=CCN(CC=C)c1nc(Cl)nc2scc(-c3ccc(CC)cc3)c12. The van der Waals surface area contributed by atoms with Crippen molar-refractivity contribution in [3.05, 3.63) is 65.8 Å². The summed E-state index contributed by atoms with van der Waals surface area (Å²) in [4.78, 5) is 11.9. The standard InChI is InChI=1S/C20H20ClN3S/c1-4-11-24(12-5-2)18-17-16(13-25-19(17)23-20(21)22-18)15-9-7-14(6-3)8-10-15/h4-5,7-10,13H,1-2,6,11-12H2,3H3. The molecule has 0 saturated heterocycles. The van der Waals surface area contributed by atoms with Gasteiger partial charge in [0, 0.05) is 24.0 Å². The Morgan fingerprint density at radius 2 is 1.80 bits per heavy atom. The van der Waals surface area contributed by atoms with Crippen molar-refractivity contribution in [1.82, 2.24) is 9.97 Å². The van der Waals surface area contributed by atoms with E-state index in [1.54, 1.807) is 11.3 Å². The van der Waals surface area contributed by atoms with Crippen molar-refractivity contribution >= 4 is 39.0 Å². The van der Waals surface area contributed by atoms with E-state index < -0.39 is 0 Å². The van der Waals surface area contributed by atoms with Crippen molar-refractivity contribution in [1.29, 1.82) is 0 Å². The number of halogens is 1. The van der Waals surface area contributed by atoms with Crippen molar-refractivity contribution < 1.29 is 0 Å². The van der Waals surface area contributed by atoms with Crippen LogP contribution in [0.25, 0.3) is 21.3 Å². The Bertz CT molecular complexity index is 889. The highest BCUT2D eigenvalue weighted by atomic mass is 35.5. The lowest BCUT2D eigenvalue weighted by Crippen LogP contribution is -2.24. The lowest BCUT2D eigenvalue weighted by Gasteiger charge is -2.22. The first-order valence-corrected chi connectivity index (χ1v) is 9.44. The number of benzene rings is 1. The van der Waals surface area contributed by atoms with Crippen LogP contribution in [-0.2, 0) is 6.42 Å². The summed E-state index contributed by atoms with van der Waals surface area (Å²) in [5, 5.41) is 3.41. The minimum Gasteiger partial charge on any atom is -0.348 e. The molecule has 0 bridgehead atoms. The number of aryl methyl sites for hydroxylation is 1. The van der Waals surface area contributed by atoms with Crippen LogP contribution in [0.3, 0.4) is 0 Å². The highest BCUT2D eigenvalue weighted by Crippen LogP contribution is 2.39. The lowest BCUT2D eigenvalue weighted by atomic mass is 10.0. The Morgan fingerprint density at radius 3 is 2.40 bits per heavy atom. The molecule has 0 unspecified atom stereocenters. The normalized spacial score (nSPS) is 10.8. The van der Waals surface area contributed by atoms with Crippen LogP contribution in [0.1, 0.15) is 12.5 Å². The van der Waals surface area contributed by atoms with E-state index >= 15 is 0 Å². The summed E-state index contributed by atoms with van der Waals surface area (Å²) in [7, 11) is 0. The first-order valence-electron chi connectivity index (χ1n) is 8.18. The van der Waals surface area contributed by atoms with E-state index in [1.165, 1.54) is 5.56 Å². The van der Waals surface area contributed by atoms with Gasteiger partial charge in [-0.25, -0.2) is 4.98 Å². The van der Waals surface area contributed by atoms with Crippen LogP contribution in [-0.4, -0.2) is 23.1 Å². The quantitative estimate of drug-likeness (QED) is 0.392. The van der Waals surface area contributed by atoms with Gasteiger partial charge in [0.1, 0.15) is 10.6 Å². The summed E-state index contributed by atoms with van der Waals surface area (Å²) in [6, 6.07) is 8.65. The Labute approximate surface area is 157 Å². The number of nitrogens with zero attached hydrogens (tertiary/aromatic N) is 3. The first kappa shape index (κ1) is 17.6. The van der Waals surface area contributed by atoms with Crippen LogP contribution in [0.4, 0.5) is 5.82 Å². The Morgan fingerprint density at radius 1 is 1.12 bits per heavy atom.